The number of unbranched alkanes of at least 4 members (excludes halogenated alkanes) is 18. The summed E-state index contributed by atoms with van der Waals surface area (Å²) in [4.78, 5) is 14.4. The monoisotopic (exact) mass is 744 g/mol. The average Bonchev–Trinajstić information content (AvgIpc) is 3.54. The highest BCUT2D eigenvalue weighted by molar-refractivity contribution is 5.69. The molecule has 0 saturated carbocycles. The zero-order valence-corrected chi connectivity index (χ0v) is 35.3. The molecule has 0 N–H and O–H groups in total. The van der Waals surface area contributed by atoms with Crippen LogP contribution in [0.2, 0.25) is 0 Å². The van der Waals surface area contributed by atoms with Gasteiger partial charge in [-0.1, -0.05) is 140 Å². The van der Waals surface area contributed by atoms with Gasteiger partial charge in [-0.2, -0.15) is 0 Å². The molecule has 0 aromatic carbocycles. The molecule has 1 rings (SSSR count). The van der Waals surface area contributed by atoms with Gasteiger partial charge < -0.3 is 23.8 Å². The van der Waals surface area contributed by atoms with Gasteiger partial charge in [-0.3, -0.25) is 4.79 Å². The van der Waals surface area contributed by atoms with Crippen LogP contribution in [0.4, 0.5) is 0 Å². The van der Waals surface area contributed by atoms with Crippen LogP contribution >= 0.6 is 0 Å². The first-order valence-corrected chi connectivity index (χ1v) is 22.3. The fourth-order valence-electron chi connectivity index (χ4n) is 6.57. The van der Waals surface area contributed by atoms with Gasteiger partial charge in [0.15, 0.2) is 0 Å². The normalized spacial score (nSPS) is 17.9. The molecule has 0 spiro atoms. The van der Waals surface area contributed by atoms with Crippen molar-refractivity contribution in [2.45, 2.75) is 199 Å². The highest BCUT2D eigenvalue weighted by atomic mass is 16.6. The largest absolute Gasteiger partial charge is 0.463 e. The number of nitrogens with zero attached hydrogens (tertiary/aromatic N) is 1. The molecular weight excluding hydrogens is 659 g/mol. The Hall–Kier alpha value is -1.73. The smallest absolute Gasteiger partial charge is 0.305 e. The number of carbonyl (C=O) groups excluding carboxylic acids is 1. The fourth-order valence-corrected chi connectivity index (χ4v) is 6.57. The van der Waals surface area contributed by atoms with Crippen LogP contribution in [-0.4, -0.2) is 76.2 Å². The van der Waals surface area contributed by atoms with E-state index in [9.17, 15) is 4.79 Å². The van der Waals surface area contributed by atoms with Crippen molar-refractivity contribution in [2.24, 2.45) is 0 Å². The van der Waals surface area contributed by atoms with Crippen molar-refractivity contribution >= 4 is 5.97 Å². The molecule has 6 nitrogen and oxygen atoms in total. The molecule has 0 aliphatic carbocycles. The highest BCUT2D eigenvalue weighted by Crippen LogP contribution is 2.23. The summed E-state index contributed by atoms with van der Waals surface area (Å²) < 4.78 is 24.4. The molecular formula is C47H85NO5. The van der Waals surface area contributed by atoms with Gasteiger partial charge in [0.2, 0.25) is 0 Å². The average molecular weight is 744 g/mol. The fraction of sp³-hybridized carbons (Fsp3) is 0.809. The first kappa shape index (κ1) is 49.3. The Balaban J connectivity index is 2.24. The number of allylic oxidation sites excluding steroid dienone is 8. The number of carbonyl (C=O) groups is 1. The predicted octanol–water partition coefficient (Wildman–Crippen LogP) is 12.7. The number of esters is 1. The Morgan fingerprint density at radius 2 is 1.04 bits per heavy atom. The molecule has 308 valence electrons. The molecule has 53 heavy (non-hydrogen) atoms. The van der Waals surface area contributed by atoms with Gasteiger partial charge in [0.05, 0.1) is 6.61 Å². The molecule has 0 aromatic heterocycles. The summed E-state index contributed by atoms with van der Waals surface area (Å²) in [6.45, 7) is 7.55. The Morgan fingerprint density at radius 3 is 1.53 bits per heavy atom. The van der Waals surface area contributed by atoms with Crippen LogP contribution in [0.3, 0.4) is 0 Å². The van der Waals surface area contributed by atoms with E-state index in [1.165, 1.54) is 128 Å². The first-order valence-electron chi connectivity index (χ1n) is 22.3. The van der Waals surface area contributed by atoms with Gasteiger partial charge in [-0.25, -0.2) is 0 Å². The van der Waals surface area contributed by atoms with Crippen LogP contribution in [0, 0.1) is 0 Å². The lowest BCUT2D eigenvalue weighted by Crippen LogP contribution is -2.38. The summed E-state index contributed by atoms with van der Waals surface area (Å²) >= 11 is 0. The molecule has 0 aromatic rings. The number of rotatable bonds is 38. The van der Waals surface area contributed by atoms with E-state index in [-0.39, 0.29) is 30.9 Å². The molecule has 1 heterocycles. The van der Waals surface area contributed by atoms with E-state index in [4.69, 9.17) is 18.9 Å². The van der Waals surface area contributed by atoms with Crippen molar-refractivity contribution in [3.63, 3.8) is 0 Å². The van der Waals surface area contributed by atoms with Crippen LogP contribution in [-0.2, 0) is 23.7 Å². The second-order valence-electron chi connectivity index (χ2n) is 15.4. The van der Waals surface area contributed by atoms with Crippen LogP contribution in [0.5, 0.6) is 0 Å². The maximum absolute atomic E-state index is 12.4. The van der Waals surface area contributed by atoms with Crippen molar-refractivity contribution in [3.8, 4) is 0 Å². The van der Waals surface area contributed by atoms with Crippen molar-refractivity contribution in [1.29, 1.82) is 0 Å². The van der Waals surface area contributed by atoms with Crippen molar-refractivity contribution in [2.75, 3.05) is 47.1 Å². The first-order chi connectivity index (χ1) is 26.1. The third kappa shape index (κ3) is 32.2. The summed E-state index contributed by atoms with van der Waals surface area (Å²) in [7, 11) is 4.04. The Labute approximate surface area is 328 Å². The highest BCUT2D eigenvalue weighted by Gasteiger charge is 2.39. The lowest BCUT2D eigenvalue weighted by Gasteiger charge is -2.23. The van der Waals surface area contributed by atoms with E-state index in [1.54, 1.807) is 0 Å². The standard InChI is InChI=1S/C47H85NO5/c1-5-7-9-11-13-15-17-19-21-23-25-27-29-31-33-35-40-50-44-42-52-45(43-53-46(49)38-37-39-48(3)4)47(44)51-41-36-34-32-30-28-26-24-22-20-18-16-14-12-10-8-6-2/h13-16,19-22,44-45,47H,5-12,17-18,23-43H2,1-4H3/b15-13-,16-14-,21-19-,22-20-/t44?,45-,47-/m1/s1. The zero-order valence-electron chi connectivity index (χ0n) is 35.3. The van der Waals surface area contributed by atoms with Crippen molar-refractivity contribution in [3.05, 3.63) is 48.6 Å². The molecule has 1 unspecified atom stereocenters. The van der Waals surface area contributed by atoms with Gasteiger partial charge in [-0.15, -0.1) is 0 Å². The summed E-state index contributed by atoms with van der Waals surface area (Å²) in [5.74, 6) is -0.162. The van der Waals surface area contributed by atoms with E-state index in [1.807, 2.05) is 14.1 Å². The van der Waals surface area contributed by atoms with Gasteiger partial charge in [0.25, 0.3) is 0 Å². The molecule has 1 aliphatic rings. The SMILES string of the molecule is CCCCC/C=C\C/C=C\CCCCCCCCOC1CO[C@H](COC(=O)CCCN(C)C)[C@@H]1OCCCCCCCC/C=C\C/C=C\CCCCC. The Kier molecular flexibility index (Phi) is 35.8. The minimum absolute atomic E-state index is 0.102. The topological polar surface area (TPSA) is 57.2 Å². The molecule has 0 amide bonds. The molecule has 1 fully saturated rings. The van der Waals surface area contributed by atoms with Gasteiger partial charge >= 0.3 is 5.97 Å². The maximum atomic E-state index is 12.4. The number of hydrogen-bond donors (Lipinski definition) is 0. The molecule has 6 heteroatoms. The molecule has 1 aliphatic heterocycles. The molecule has 1 saturated heterocycles. The van der Waals surface area contributed by atoms with Gasteiger partial charge in [0, 0.05) is 19.6 Å². The predicted molar refractivity (Wildman–Crippen MR) is 227 cm³/mol. The molecule has 3 atom stereocenters. The number of ether oxygens (including phenoxy) is 4. The summed E-state index contributed by atoms with van der Waals surface area (Å²) in [5.41, 5.74) is 0. The lowest BCUT2D eigenvalue weighted by atomic mass is 10.1. The van der Waals surface area contributed by atoms with E-state index in [0.717, 1.165) is 45.3 Å². The zero-order chi connectivity index (χ0) is 38.3. The minimum Gasteiger partial charge on any atom is -0.463 e. The van der Waals surface area contributed by atoms with E-state index in [2.05, 4.69) is 67.4 Å². The van der Waals surface area contributed by atoms with E-state index >= 15 is 0 Å². The Morgan fingerprint density at radius 1 is 0.585 bits per heavy atom. The Bertz CT molecular complexity index is 913. The second-order valence-corrected chi connectivity index (χ2v) is 15.4. The third-order valence-corrected chi connectivity index (χ3v) is 9.93. The van der Waals surface area contributed by atoms with E-state index in [0.29, 0.717) is 19.6 Å². The van der Waals surface area contributed by atoms with Crippen LogP contribution < -0.4 is 0 Å². The van der Waals surface area contributed by atoms with Crippen LogP contribution in [0.15, 0.2) is 48.6 Å². The quantitative estimate of drug-likeness (QED) is 0.0356. The lowest BCUT2D eigenvalue weighted by molar-refractivity contribution is -0.150. The van der Waals surface area contributed by atoms with Crippen LogP contribution in [0.25, 0.3) is 0 Å². The van der Waals surface area contributed by atoms with Crippen molar-refractivity contribution in [1.82, 2.24) is 4.90 Å². The van der Waals surface area contributed by atoms with E-state index < -0.39 is 0 Å². The third-order valence-electron chi connectivity index (χ3n) is 9.93. The second kappa shape index (κ2) is 38.5. The maximum Gasteiger partial charge on any atom is 0.305 e. The number of hydrogen-bond acceptors (Lipinski definition) is 6. The molecule has 0 bridgehead atoms. The van der Waals surface area contributed by atoms with Crippen LogP contribution in [0.1, 0.15) is 181 Å². The van der Waals surface area contributed by atoms with Gasteiger partial charge in [0.1, 0.15) is 24.9 Å². The summed E-state index contributed by atoms with van der Waals surface area (Å²) in [5, 5.41) is 0. The van der Waals surface area contributed by atoms with Crippen molar-refractivity contribution < 1.29 is 23.7 Å². The molecule has 0 radical (unpaired) electrons. The van der Waals surface area contributed by atoms with Gasteiger partial charge in [-0.05, 0) is 104 Å². The summed E-state index contributed by atoms with van der Waals surface area (Å²) in [6.07, 6.45) is 48.9. The summed E-state index contributed by atoms with van der Waals surface area (Å²) in [6, 6.07) is 0. The minimum atomic E-state index is -0.265.